The number of benzene rings is 2. The van der Waals surface area contributed by atoms with Crippen molar-refractivity contribution in [2.45, 2.75) is 0 Å². The van der Waals surface area contributed by atoms with Crippen LogP contribution in [0.2, 0.25) is 0 Å². The van der Waals surface area contributed by atoms with Crippen LogP contribution in [0.1, 0.15) is 5.56 Å². The molecule has 7 heteroatoms. The summed E-state index contributed by atoms with van der Waals surface area (Å²) in [5.41, 5.74) is 2.45. The van der Waals surface area contributed by atoms with Gasteiger partial charge in [0.15, 0.2) is 11.5 Å². The van der Waals surface area contributed by atoms with Crippen LogP contribution in [0.4, 0.5) is 5.95 Å². The van der Waals surface area contributed by atoms with Gasteiger partial charge in [0, 0.05) is 13.1 Å². The smallest absolute Gasteiger partial charge is 0.250 e. The molecule has 3 aromatic rings. The molecule has 1 heterocycles. The van der Waals surface area contributed by atoms with Gasteiger partial charge in [0.05, 0.1) is 18.1 Å². The molecule has 130 valence electrons. The van der Waals surface area contributed by atoms with E-state index in [1.165, 1.54) is 19.3 Å². The SMILES string of the molecule is COc1ccc(/C=C/C(=O)Nc2nc3ccccc3n2C)cc1O.Cl. The maximum atomic E-state index is 12.1. The number of halogens is 1. The van der Waals surface area contributed by atoms with Crippen molar-refractivity contribution in [1.82, 2.24) is 9.55 Å². The number of rotatable bonds is 4. The Morgan fingerprint density at radius 1 is 1.28 bits per heavy atom. The number of methoxy groups -OCH3 is 1. The lowest BCUT2D eigenvalue weighted by molar-refractivity contribution is -0.111. The zero-order valence-electron chi connectivity index (χ0n) is 13.8. The molecule has 0 saturated carbocycles. The first kappa shape index (κ1) is 18.4. The lowest BCUT2D eigenvalue weighted by atomic mass is 10.2. The lowest BCUT2D eigenvalue weighted by Crippen LogP contribution is -2.11. The zero-order chi connectivity index (χ0) is 17.1. The molecule has 0 bridgehead atoms. The topological polar surface area (TPSA) is 76.4 Å². The minimum atomic E-state index is -0.302. The molecule has 0 atom stereocenters. The summed E-state index contributed by atoms with van der Waals surface area (Å²) in [5, 5.41) is 12.5. The van der Waals surface area contributed by atoms with Crippen LogP contribution in [0.5, 0.6) is 11.5 Å². The average molecular weight is 360 g/mol. The Balaban J connectivity index is 0.00000225. The Morgan fingerprint density at radius 3 is 2.72 bits per heavy atom. The van der Waals surface area contributed by atoms with Gasteiger partial charge in [-0.2, -0.15) is 0 Å². The summed E-state index contributed by atoms with van der Waals surface area (Å²) in [6.45, 7) is 0. The van der Waals surface area contributed by atoms with Gasteiger partial charge in [-0.3, -0.25) is 10.1 Å². The number of aromatic nitrogens is 2. The van der Waals surface area contributed by atoms with Crippen molar-refractivity contribution in [3.05, 3.63) is 54.1 Å². The molecule has 3 rings (SSSR count). The van der Waals surface area contributed by atoms with Gasteiger partial charge in [-0.05, 0) is 35.9 Å². The number of carbonyl (C=O) groups is 1. The van der Waals surface area contributed by atoms with Gasteiger partial charge < -0.3 is 14.4 Å². The Labute approximate surface area is 151 Å². The second kappa shape index (κ2) is 7.72. The van der Waals surface area contributed by atoms with Gasteiger partial charge in [0.1, 0.15) is 0 Å². The normalized spacial score (nSPS) is 10.6. The minimum absolute atomic E-state index is 0. The fraction of sp³-hybridized carbons (Fsp3) is 0.111. The van der Waals surface area contributed by atoms with E-state index < -0.39 is 0 Å². The third kappa shape index (κ3) is 3.92. The van der Waals surface area contributed by atoms with E-state index in [9.17, 15) is 9.90 Å². The number of hydrogen-bond acceptors (Lipinski definition) is 4. The first-order valence-electron chi connectivity index (χ1n) is 7.36. The first-order chi connectivity index (χ1) is 11.6. The monoisotopic (exact) mass is 359 g/mol. The molecular weight excluding hydrogens is 342 g/mol. The molecule has 0 saturated heterocycles. The number of nitrogens with one attached hydrogen (secondary N) is 1. The number of amides is 1. The number of aromatic hydroxyl groups is 1. The third-order valence-corrected chi connectivity index (χ3v) is 3.65. The highest BCUT2D eigenvalue weighted by atomic mass is 35.5. The van der Waals surface area contributed by atoms with E-state index in [0.29, 0.717) is 17.3 Å². The van der Waals surface area contributed by atoms with Gasteiger partial charge >= 0.3 is 0 Å². The van der Waals surface area contributed by atoms with Crippen molar-refractivity contribution in [1.29, 1.82) is 0 Å². The summed E-state index contributed by atoms with van der Waals surface area (Å²) in [6, 6.07) is 12.6. The number of aryl methyl sites for hydroxylation is 1. The number of phenols is 1. The highest BCUT2D eigenvalue weighted by Gasteiger charge is 2.08. The van der Waals surface area contributed by atoms with Crippen molar-refractivity contribution in [3.8, 4) is 11.5 Å². The summed E-state index contributed by atoms with van der Waals surface area (Å²) >= 11 is 0. The Kier molecular flexibility index (Phi) is 5.67. The number of imidazole rings is 1. The van der Waals surface area contributed by atoms with E-state index in [1.807, 2.05) is 35.9 Å². The van der Waals surface area contributed by atoms with E-state index in [-0.39, 0.29) is 24.1 Å². The van der Waals surface area contributed by atoms with Crippen molar-refractivity contribution >= 4 is 41.4 Å². The van der Waals surface area contributed by atoms with Gasteiger partial charge in [0.2, 0.25) is 5.95 Å². The summed E-state index contributed by atoms with van der Waals surface area (Å²) < 4.78 is 6.80. The molecule has 2 N–H and O–H groups in total. The van der Waals surface area contributed by atoms with Crippen LogP contribution in [0, 0.1) is 0 Å². The molecule has 0 aliphatic carbocycles. The van der Waals surface area contributed by atoms with Gasteiger partial charge in [-0.1, -0.05) is 18.2 Å². The van der Waals surface area contributed by atoms with Gasteiger partial charge in [-0.25, -0.2) is 4.98 Å². The number of para-hydroxylation sites is 2. The van der Waals surface area contributed by atoms with E-state index in [0.717, 1.165) is 11.0 Å². The summed E-state index contributed by atoms with van der Waals surface area (Å²) in [5.74, 6) is 0.582. The molecule has 0 radical (unpaired) electrons. The Bertz CT molecular complexity index is 934. The van der Waals surface area contributed by atoms with Crippen LogP contribution >= 0.6 is 12.4 Å². The van der Waals surface area contributed by atoms with Gasteiger partial charge in [-0.15, -0.1) is 12.4 Å². The number of hydrogen-bond donors (Lipinski definition) is 2. The molecule has 6 nitrogen and oxygen atoms in total. The van der Waals surface area contributed by atoms with Crippen molar-refractivity contribution < 1.29 is 14.6 Å². The maximum absolute atomic E-state index is 12.1. The molecule has 25 heavy (non-hydrogen) atoms. The predicted octanol–water partition coefficient (Wildman–Crippen LogP) is 3.36. The largest absolute Gasteiger partial charge is 0.504 e. The predicted molar refractivity (Wildman–Crippen MR) is 100 cm³/mol. The molecule has 0 aliphatic heterocycles. The van der Waals surface area contributed by atoms with Crippen molar-refractivity contribution in [3.63, 3.8) is 0 Å². The van der Waals surface area contributed by atoms with E-state index in [4.69, 9.17) is 4.74 Å². The average Bonchev–Trinajstić information content (AvgIpc) is 2.89. The molecule has 0 aliphatic rings. The van der Waals surface area contributed by atoms with E-state index >= 15 is 0 Å². The second-order valence-corrected chi connectivity index (χ2v) is 5.24. The number of carbonyl (C=O) groups excluding carboxylic acids is 1. The van der Waals surface area contributed by atoms with E-state index in [2.05, 4.69) is 10.3 Å². The molecule has 1 aromatic heterocycles. The number of phenolic OH excluding ortho intramolecular Hbond substituents is 1. The molecular formula is C18H18ClN3O3. The van der Waals surface area contributed by atoms with Crippen LogP contribution < -0.4 is 10.1 Å². The maximum Gasteiger partial charge on any atom is 0.250 e. The molecule has 0 spiro atoms. The number of fused-ring (bicyclic) bond motifs is 1. The van der Waals surface area contributed by atoms with Crippen LogP contribution in [-0.4, -0.2) is 27.7 Å². The molecule has 0 unspecified atom stereocenters. The number of ether oxygens (including phenoxy) is 1. The van der Waals surface area contributed by atoms with Crippen LogP contribution in [0.25, 0.3) is 17.1 Å². The summed E-state index contributed by atoms with van der Waals surface area (Å²) in [7, 11) is 3.32. The number of anilines is 1. The first-order valence-corrected chi connectivity index (χ1v) is 7.36. The molecule has 2 aromatic carbocycles. The third-order valence-electron chi connectivity index (χ3n) is 3.65. The van der Waals surface area contributed by atoms with Crippen molar-refractivity contribution in [2.75, 3.05) is 12.4 Å². The summed E-state index contributed by atoms with van der Waals surface area (Å²) in [4.78, 5) is 16.5. The quantitative estimate of drug-likeness (QED) is 0.700. The molecule has 1 amide bonds. The van der Waals surface area contributed by atoms with Crippen molar-refractivity contribution in [2.24, 2.45) is 7.05 Å². The zero-order valence-corrected chi connectivity index (χ0v) is 14.6. The highest BCUT2D eigenvalue weighted by molar-refractivity contribution is 6.01. The highest BCUT2D eigenvalue weighted by Crippen LogP contribution is 2.26. The Morgan fingerprint density at radius 2 is 2.04 bits per heavy atom. The number of nitrogens with zero attached hydrogens (tertiary/aromatic N) is 2. The second-order valence-electron chi connectivity index (χ2n) is 5.24. The molecule has 0 fully saturated rings. The standard InChI is InChI=1S/C18H17N3O3.ClH/c1-21-14-6-4-3-5-13(14)19-18(21)20-17(23)10-8-12-7-9-16(24-2)15(22)11-12;/h3-11,22H,1-2H3,(H,19,20,23);1H/b10-8+;. The van der Waals surface area contributed by atoms with Crippen LogP contribution in [-0.2, 0) is 11.8 Å². The van der Waals surface area contributed by atoms with Gasteiger partial charge in [0.25, 0.3) is 5.91 Å². The fourth-order valence-electron chi connectivity index (χ4n) is 2.39. The minimum Gasteiger partial charge on any atom is -0.504 e. The Hall–Kier alpha value is -2.99. The fourth-order valence-corrected chi connectivity index (χ4v) is 2.39. The van der Waals surface area contributed by atoms with Crippen LogP contribution in [0.15, 0.2) is 48.5 Å². The lowest BCUT2D eigenvalue weighted by Gasteiger charge is -2.04. The summed E-state index contributed by atoms with van der Waals surface area (Å²) in [6.07, 6.45) is 3.00. The van der Waals surface area contributed by atoms with Crippen LogP contribution in [0.3, 0.4) is 0 Å². The van der Waals surface area contributed by atoms with E-state index in [1.54, 1.807) is 18.2 Å².